The third-order valence-corrected chi connectivity index (χ3v) is 4.40. The Balaban J connectivity index is 1.70. The van der Waals surface area contributed by atoms with E-state index in [1.54, 1.807) is 0 Å². The van der Waals surface area contributed by atoms with E-state index in [1.807, 2.05) is 0 Å². The number of hydrogen-bond donors (Lipinski definition) is 0. The van der Waals surface area contributed by atoms with Crippen LogP contribution in [0.3, 0.4) is 0 Å². The standard InChI is InChI=1S/C12H23N/c1-4-5-6-7-13-9-12(13)8-10(2)11(12)3/h10-11H,4-9H2,1-3H3. The van der Waals surface area contributed by atoms with E-state index in [0.717, 1.165) is 11.8 Å². The summed E-state index contributed by atoms with van der Waals surface area (Å²) in [7, 11) is 0. The number of hydrogen-bond acceptors (Lipinski definition) is 1. The average molecular weight is 181 g/mol. The predicted octanol–water partition coefficient (Wildman–Crippen LogP) is 2.91. The molecule has 1 saturated carbocycles. The Morgan fingerprint density at radius 1 is 1.31 bits per heavy atom. The van der Waals surface area contributed by atoms with Gasteiger partial charge >= 0.3 is 0 Å². The Labute approximate surface area is 82.5 Å². The fourth-order valence-corrected chi connectivity index (χ4v) is 3.06. The SMILES string of the molecule is CCCCCN1CC12CC(C)C2C. The summed E-state index contributed by atoms with van der Waals surface area (Å²) in [6, 6.07) is 0. The highest BCUT2D eigenvalue weighted by molar-refractivity contribution is 5.18. The van der Waals surface area contributed by atoms with E-state index < -0.39 is 0 Å². The van der Waals surface area contributed by atoms with E-state index in [-0.39, 0.29) is 0 Å². The van der Waals surface area contributed by atoms with Crippen LogP contribution in [0.1, 0.15) is 46.5 Å². The van der Waals surface area contributed by atoms with Gasteiger partial charge in [0.1, 0.15) is 0 Å². The van der Waals surface area contributed by atoms with Crippen molar-refractivity contribution < 1.29 is 0 Å². The first kappa shape index (κ1) is 9.51. The molecule has 1 nitrogen and oxygen atoms in total. The monoisotopic (exact) mass is 181 g/mol. The molecule has 1 heteroatoms. The minimum Gasteiger partial charge on any atom is -0.294 e. The minimum atomic E-state index is 0.702. The highest BCUT2D eigenvalue weighted by atomic mass is 15.4. The first-order valence-corrected chi connectivity index (χ1v) is 5.96. The van der Waals surface area contributed by atoms with Gasteiger partial charge in [0.05, 0.1) is 0 Å². The van der Waals surface area contributed by atoms with Crippen LogP contribution in [0.15, 0.2) is 0 Å². The largest absolute Gasteiger partial charge is 0.294 e. The lowest BCUT2D eigenvalue weighted by Crippen LogP contribution is -2.44. The summed E-state index contributed by atoms with van der Waals surface area (Å²) in [5, 5.41) is 0. The number of nitrogens with zero attached hydrogens (tertiary/aromatic N) is 1. The van der Waals surface area contributed by atoms with Gasteiger partial charge in [0.2, 0.25) is 0 Å². The molecule has 0 aromatic rings. The van der Waals surface area contributed by atoms with Gasteiger partial charge in [-0.1, -0.05) is 33.6 Å². The van der Waals surface area contributed by atoms with Gasteiger partial charge in [-0.05, 0) is 31.2 Å². The van der Waals surface area contributed by atoms with Crippen LogP contribution in [0.5, 0.6) is 0 Å². The molecule has 1 aliphatic heterocycles. The summed E-state index contributed by atoms with van der Waals surface area (Å²) in [5.74, 6) is 1.95. The normalized spacial score (nSPS) is 47.8. The van der Waals surface area contributed by atoms with E-state index in [2.05, 4.69) is 25.7 Å². The molecule has 1 aliphatic carbocycles. The van der Waals surface area contributed by atoms with Crippen LogP contribution < -0.4 is 0 Å². The van der Waals surface area contributed by atoms with E-state index >= 15 is 0 Å². The molecule has 1 spiro atoms. The predicted molar refractivity (Wildman–Crippen MR) is 56.8 cm³/mol. The molecule has 0 amide bonds. The van der Waals surface area contributed by atoms with Crippen LogP contribution in [0.2, 0.25) is 0 Å². The molecule has 2 aliphatic rings. The summed E-state index contributed by atoms with van der Waals surface area (Å²) in [5.41, 5.74) is 0.702. The second-order valence-corrected chi connectivity index (χ2v) is 5.20. The van der Waals surface area contributed by atoms with Crippen molar-refractivity contribution in [2.24, 2.45) is 11.8 Å². The smallest absolute Gasteiger partial charge is 0.0368 e. The molecule has 4 atom stereocenters. The minimum absolute atomic E-state index is 0.702. The van der Waals surface area contributed by atoms with Crippen LogP contribution in [0.4, 0.5) is 0 Å². The quantitative estimate of drug-likeness (QED) is 0.476. The zero-order valence-electron chi connectivity index (χ0n) is 9.34. The molecule has 1 saturated heterocycles. The molecule has 0 aromatic carbocycles. The first-order chi connectivity index (χ1) is 6.20. The van der Waals surface area contributed by atoms with E-state index in [9.17, 15) is 0 Å². The molecule has 0 bridgehead atoms. The van der Waals surface area contributed by atoms with Crippen molar-refractivity contribution in [3.8, 4) is 0 Å². The van der Waals surface area contributed by atoms with Crippen LogP contribution in [0.25, 0.3) is 0 Å². The van der Waals surface area contributed by atoms with Gasteiger partial charge in [0.25, 0.3) is 0 Å². The Bertz CT molecular complexity index is 190. The van der Waals surface area contributed by atoms with Gasteiger partial charge in [-0.3, -0.25) is 4.90 Å². The van der Waals surface area contributed by atoms with Crippen molar-refractivity contribution >= 4 is 0 Å². The van der Waals surface area contributed by atoms with Gasteiger partial charge in [0, 0.05) is 12.1 Å². The lowest BCUT2D eigenvalue weighted by molar-refractivity contribution is 0.0975. The maximum Gasteiger partial charge on any atom is 0.0368 e. The topological polar surface area (TPSA) is 3.01 Å². The van der Waals surface area contributed by atoms with Crippen LogP contribution in [-0.4, -0.2) is 23.5 Å². The fourth-order valence-electron chi connectivity index (χ4n) is 3.06. The highest BCUT2D eigenvalue weighted by Crippen LogP contribution is 2.56. The summed E-state index contributed by atoms with van der Waals surface area (Å²) in [4.78, 5) is 2.72. The summed E-state index contributed by atoms with van der Waals surface area (Å²) in [6.45, 7) is 9.89. The zero-order chi connectivity index (χ0) is 9.47. The van der Waals surface area contributed by atoms with Gasteiger partial charge in [0.15, 0.2) is 0 Å². The molecule has 0 radical (unpaired) electrons. The molecule has 0 N–H and O–H groups in total. The number of unbranched alkanes of at least 4 members (excludes halogenated alkanes) is 2. The molecule has 0 aromatic heterocycles. The maximum atomic E-state index is 2.72. The second kappa shape index (κ2) is 3.27. The molecular formula is C12H23N. The van der Waals surface area contributed by atoms with Crippen molar-refractivity contribution in [1.82, 2.24) is 4.90 Å². The summed E-state index contributed by atoms with van der Waals surface area (Å²) >= 11 is 0. The molecule has 1 heterocycles. The second-order valence-electron chi connectivity index (χ2n) is 5.20. The Hall–Kier alpha value is -0.0400. The molecule has 2 rings (SSSR count). The van der Waals surface area contributed by atoms with Crippen molar-refractivity contribution in [2.75, 3.05) is 13.1 Å². The van der Waals surface area contributed by atoms with Gasteiger partial charge in [-0.2, -0.15) is 0 Å². The molecule has 13 heavy (non-hydrogen) atoms. The Morgan fingerprint density at radius 3 is 2.62 bits per heavy atom. The lowest BCUT2D eigenvalue weighted by atomic mass is 9.65. The third-order valence-electron chi connectivity index (χ3n) is 4.40. The maximum absolute atomic E-state index is 2.72. The fraction of sp³-hybridized carbons (Fsp3) is 1.00. The highest BCUT2D eigenvalue weighted by Gasteiger charge is 2.63. The van der Waals surface area contributed by atoms with Gasteiger partial charge in [-0.25, -0.2) is 0 Å². The Kier molecular flexibility index (Phi) is 2.39. The lowest BCUT2D eigenvalue weighted by Gasteiger charge is -2.42. The van der Waals surface area contributed by atoms with Crippen LogP contribution in [-0.2, 0) is 0 Å². The van der Waals surface area contributed by atoms with Gasteiger partial charge < -0.3 is 0 Å². The molecule has 4 unspecified atom stereocenters. The molecular weight excluding hydrogens is 158 g/mol. The van der Waals surface area contributed by atoms with Crippen molar-refractivity contribution in [3.63, 3.8) is 0 Å². The first-order valence-electron chi connectivity index (χ1n) is 5.96. The average Bonchev–Trinajstić information content (AvgIpc) is 2.82. The van der Waals surface area contributed by atoms with Crippen LogP contribution in [0, 0.1) is 11.8 Å². The molecule has 2 fully saturated rings. The summed E-state index contributed by atoms with van der Waals surface area (Å²) in [6.07, 6.45) is 5.66. The van der Waals surface area contributed by atoms with E-state index in [4.69, 9.17) is 0 Å². The third kappa shape index (κ3) is 1.41. The van der Waals surface area contributed by atoms with Crippen LogP contribution >= 0.6 is 0 Å². The molecule has 76 valence electrons. The number of rotatable bonds is 4. The van der Waals surface area contributed by atoms with E-state index in [1.165, 1.54) is 38.8 Å². The van der Waals surface area contributed by atoms with Crippen molar-refractivity contribution in [1.29, 1.82) is 0 Å². The van der Waals surface area contributed by atoms with Gasteiger partial charge in [-0.15, -0.1) is 0 Å². The Morgan fingerprint density at radius 2 is 2.08 bits per heavy atom. The van der Waals surface area contributed by atoms with Crippen molar-refractivity contribution in [2.45, 2.75) is 52.0 Å². The van der Waals surface area contributed by atoms with Crippen molar-refractivity contribution in [3.05, 3.63) is 0 Å². The zero-order valence-corrected chi connectivity index (χ0v) is 9.34. The van der Waals surface area contributed by atoms with E-state index in [0.29, 0.717) is 5.54 Å². The summed E-state index contributed by atoms with van der Waals surface area (Å²) < 4.78 is 0.